The molecule has 0 heterocycles. The molecule has 0 aromatic heterocycles. The van der Waals surface area contributed by atoms with Gasteiger partial charge < -0.3 is 11.1 Å². The number of carbonyl (C=O) groups excluding carboxylic acids is 1. The van der Waals surface area contributed by atoms with Crippen LogP contribution in [0.5, 0.6) is 0 Å². The molecule has 0 aliphatic heterocycles. The molecular weight excluding hydrogens is 274 g/mol. The van der Waals surface area contributed by atoms with Crippen molar-refractivity contribution in [3.63, 3.8) is 0 Å². The Hall–Kier alpha value is -2.43. The van der Waals surface area contributed by atoms with E-state index in [1.54, 1.807) is 12.1 Å². The van der Waals surface area contributed by atoms with Gasteiger partial charge in [0.25, 0.3) is 0 Å². The normalized spacial score (nSPS) is 12.0. The second kappa shape index (κ2) is 6.35. The van der Waals surface area contributed by atoms with Gasteiger partial charge >= 0.3 is 0 Å². The highest BCUT2D eigenvalue weighted by Gasteiger charge is 2.13. The largest absolute Gasteiger partial charge is 0.376 e. The fourth-order valence-electron chi connectivity index (χ4n) is 2.12. The Morgan fingerprint density at radius 1 is 1.24 bits per heavy atom. The molecule has 1 unspecified atom stereocenters. The summed E-state index contributed by atoms with van der Waals surface area (Å²) in [6, 6.07) is 9.72. The van der Waals surface area contributed by atoms with Gasteiger partial charge in [-0.05, 0) is 42.3 Å². The summed E-state index contributed by atoms with van der Waals surface area (Å²) >= 11 is 0. The number of nitrogens with one attached hydrogen (secondary N) is 1. The van der Waals surface area contributed by atoms with Gasteiger partial charge in [0.05, 0.1) is 11.7 Å². The summed E-state index contributed by atoms with van der Waals surface area (Å²) in [4.78, 5) is 11.2. The predicted octanol–water partition coefficient (Wildman–Crippen LogP) is 3.63. The van der Waals surface area contributed by atoms with Crippen molar-refractivity contribution in [3.05, 3.63) is 65.2 Å². The monoisotopic (exact) mass is 290 g/mol. The Bertz CT molecular complexity index is 658. The molecule has 0 aliphatic rings. The van der Waals surface area contributed by atoms with E-state index in [0.717, 1.165) is 0 Å². The van der Waals surface area contributed by atoms with Crippen LogP contribution in [0.3, 0.4) is 0 Å². The van der Waals surface area contributed by atoms with Crippen molar-refractivity contribution in [1.29, 1.82) is 0 Å². The van der Waals surface area contributed by atoms with E-state index < -0.39 is 11.7 Å². The maximum atomic E-state index is 13.8. The van der Waals surface area contributed by atoms with Crippen LogP contribution in [0.25, 0.3) is 0 Å². The van der Waals surface area contributed by atoms with Gasteiger partial charge in [-0.1, -0.05) is 19.1 Å². The summed E-state index contributed by atoms with van der Waals surface area (Å²) in [5.74, 6) is -1.47. The lowest BCUT2D eigenvalue weighted by Gasteiger charge is -2.19. The van der Waals surface area contributed by atoms with Crippen molar-refractivity contribution in [1.82, 2.24) is 0 Å². The Labute approximate surface area is 121 Å². The van der Waals surface area contributed by atoms with Gasteiger partial charge in [-0.15, -0.1) is 0 Å². The number of rotatable bonds is 5. The molecule has 3 N–H and O–H groups in total. The summed E-state index contributed by atoms with van der Waals surface area (Å²) in [6.07, 6.45) is 0.629. The highest BCUT2D eigenvalue weighted by molar-refractivity contribution is 5.93. The Balaban J connectivity index is 2.30. The van der Waals surface area contributed by atoms with Crippen LogP contribution in [0.15, 0.2) is 42.5 Å². The topological polar surface area (TPSA) is 55.1 Å². The van der Waals surface area contributed by atoms with E-state index in [0.29, 0.717) is 12.0 Å². The molecule has 21 heavy (non-hydrogen) atoms. The third kappa shape index (κ3) is 3.56. The molecule has 110 valence electrons. The van der Waals surface area contributed by atoms with Crippen LogP contribution >= 0.6 is 0 Å². The Kier molecular flexibility index (Phi) is 4.52. The molecule has 2 aromatic rings. The van der Waals surface area contributed by atoms with Crippen molar-refractivity contribution in [2.45, 2.75) is 19.4 Å². The number of halogens is 2. The smallest absolute Gasteiger partial charge is 0.248 e. The minimum Gasteiger partial charge on any atom is -0.376 e. The van der Waals surface area contributed by atoms with E-state index in [1.807, 2.05) is 6.92 Å². The minimum atomic E-state index is -0.628. The summed E-state index contributed by atoms with van der Waals surface area (Å²) < 4.78 is 27.1. The van der Waals surface area contributed by atoms with E-state index in [9.17, 15) is 13.6 Å². The molecule has 0 saturated carbocycles. The van der Waals surface area contributed by atoms with Crippen molar-refractivity contribution >= 4 is 11.6 Å². The number of benzene rings is 2. The molecule has 0 radical (unpaired) electrons. The SMILES string of the molecule is CCC(Nc1cc(C(N)=O)ccc1F)c1cccc(F)c1. The average Bonchev–Trinajstić information content (AvgIpc) is 2.46. The van der Waals surface area contributed by atoms with Gasteiger partial charge in [0.2, 0.25) is 5.91 Å². The maximum absolute atomic E-state index is 13.8. The molecular formula is C16H16F2N2O. The van der Waals surface area contributed by atoms with Gasteiger partial charge in [0, 0.05) is 5.56 Å². The first-order valence-corrected chi connectivity index (χ1v) is 6.62. The second-order valence-electron chi connectivity index (χ2n) is 4.72. The Morgan fingerprint density at radius 2 is 2.00 bits per heavy atom. The van der Waals surface area contributed by atoms with E-state index in [4.69, 9.17) is 5.73 Å². The number of hydrogen-bond donors (Lipinski definition) is 2. The highest BCUT2D eigenvalue weighted by Crippen LogP contribution is 2.25. The summed E-state index contributed by atoms with van der Waals surface area (Å²) in [7, 11) is 0. The first-order valence-electron chi connectivity index (χ1n) is 6.62. The molecule has 1 atom stereocenters. The van der Waals surface area contributed by atoms with Crippen LogP contribution in [0.4, 0.5) is 14.5 Å². The quantitative estimate of drug-likeness (QED) is 0.883. The van der Waals surface area contributed by atoms with Crippen molar-refractivity contribution in [3.8, 4) is 0 Å². The van der Waals surface area contributed by atoms with E-state index in [-0.39, 0.29) is 23.1 Å². The number of amides is 1. The number of primary amides is 1. The first kappa shape index (κ1) is 15.0. The zero-order chi connectivity index (χ0) is 15.4. The second-order valence-corrected chi connectivity index (χ2v) is 4.72. The third-order valence-electron chi connectivity index (χ3n) is 3.24. The fraction of sp³-hybridized carbons (Fsp3) is 0.188. The van der Waals surface area contributed by atoms with Crippen LogP contribution in [0.2, 0.25) is 0 Å². The zero-order valence-electron chi connectivity index (χ0n) is 11.6. The highest BCUT2D eigenvalue weighted by atomic mass is 19.1. The van der Waals surface area contributed by atoms with Crippen LogP contribution < -0.4 is 11.1 Å². The molecule has 3 nitrogen and oxygen atoms in total. The minimum absolute atomic E-state index is 0.169. The van der Waals surface area contributed by atoms with Gasteiger partial charge in [-0.2, -0.15) is 0 Å². The Morgan fingerprint density at radius 3 is 2.62 bits per heavy atom. The fourth-order valence-corrected chi connectivity index (χ4v) is 2.12. The molecule has 0 aliphatic carbocycles. The summed E-state index contributed by atoms with van der Waals surface area (Å²) in [5.41, 5.74) is 6.28. The van der Waals surface area contributed by atoms with Gasteiger partial charge in [-0.25, -0.2) is 8.78 Å². The van der Waals surface area contributed by atoms with Crippen LogP contribution in [-0.2, 0) is 0 Å². The number of carbonyl (C=O) groups is 1. The molecule has 1 amide bonds. The number of anilines is 1. The lowest BCUT2D eigenvalue weighted by Crippen LogP contribution is -2.14. The number of hydrogen-bond acceptors (Lipinski definition) is 2. The number of nitrogens with two attached hydrogens (primary N) is 1. The standard InChI is InChI=1S/C16H16F2N2O/c1-2-14(10-4-3-5-12(17)8-10)20-15-9-11(16(19)21)6-7-13(15)18/h3-9,14,20H,2H2,1H3,(H2,19,21). The van der Waals surface area contributed by atoms with E-state index in [1.165, 1.54) is 30.3 Å². The summed E-state index contributed by atoms with van der Waals surface area (Å²) in [5, 5.41) is 2.99. The zero-order valence-corrected chi connectivity index (χ0v) is 11.6. The van der Waals surface area contributed by atoms with Crippen molar-refractivity contribution in [2.24, 2.45) is 5.73 Å². The molecule has 0 fully saturated rings. The van der Waals surface area contributed by atoms with Crippen molar-refractivity contribution < 1.29 is 13.6 Å². The third-order valence-corrected chi connectivity index (χ3v) is 3.24. The van der Waals surface area contributed by atoms with Gasteiger partial charge in [0.1, 0.15) is 11.6 Å². The molecule has 0 saturated heterocycles. The van der Waals surface area contributed by atoms with E-state index in [2.05, 4.69) is 5.32 Å². The molecule has 0 spiro atoms. The van der Waals surface area contributed by atoms with Crippen LogP contribution in [-0.4, -0.2) is 5.91 Å². The van der Waals surface area contributed by atoms with Crippen molar-refractivity contribution in [2.75, 3.05) is 5.32 Å². The lowest BCUT2D eigenvalue weighted by molar-refractivity contribution is 0.100. The average molecular weight is 290 g/mol. The maximum Gasteiger partial charge on any atom is 0.248 e. The first-order chi connectivity index (χ1) is 10.0. The molecule has 2 rings (SSSR count). The van der Waals surface area contributed by atoms with Crippen LogP contribution in [0, 0.1) is 11.6 Å². The van der Waals surface area contributed by atoms with Crippen LogP contribution in [0.1, 0.15) is 35.3 Å². The molecule has 2 aromatic carbocycles. The van der Waals surface area contributed by atoms with Gasteiger partial charge in [0.15, 0.2) is 0 Å². The predicted molar refractivity (Wildman–Crippen MR) is 78.0 cm³/mol. The lowest BCUT2D eigenvalue weighted by atomic mass is 10.0. The molecule has 0 bridgehead atoms. The molecule has 5 heteroatoms. The van der Waals surface area contributed by atoms with Gasteiger partial charge in [-0.3, -0.25) is 4.79 Å². The van der Waals surface area contributed by atoms with E-state index >= 15 is 0 Å². The summed E-state index contributed by atoms with van der Waals surface area (Å²) in [6.45, 7) is 1.90.